The first-order valence-corrected chi connectivity index (χ1v) is 6.86. The first kappa shape index (κ1) is 12.6. The Morgan fingerprint density at radius 1 is 1.24 bits per heavy atom. The predicted octanol–water partition coefficient (Wildman–Crippen LogP) is 4.33. The molecule has 0 aliphatic rings. The van der Waals surface area contributed by atoms with Crippen molar-refractivity contribution in [1.82, 2.24) is 5.32 Å². The molecule has 1 heterocycles. The molecule has 1 unspecified atom stereocenters. The zero-order valence-corrected chi connectivity index (χ0v) is 11.8. The zero-order chi connectivity index (χ0) is 12.4. The van der Waals surface area contributed by atoms with E-state index in [1.807, 2.05) is 13.1 Å². The third-order valence-corrected chi connectivity index (χ3v) is 4.33. The van der Waals surface area contributed by atoms with Gasteiger partial charge in [0.05, 0.1) is 6.04 Å². The zero-order valence-electron chi connectivity index (χ0n) is 10.3. The minimum atomic E-state index is 0.183. The Labute approximate surface area is 111 Å². The highest BCUT2D eigenvalue weighted by Gasteiger charge is 2.17. The van der Waals surface area contributed by atoms with Crippen LogP contribution in [0.25, 0.3) is 0 Å². The molecule has 90 valence electrons. The van der Waals surface area contributed by atoms with E-state index in [0.717, 1.165) is 10.6 Å². The smallest absolute Gasteiger partial charge is 0.0685 e. The maximum Gasteiger partial charge on any atom is 0.0685 e. The number of hydrogen-bond acceptors (Lipinski definition) is 2. The van der Waals surface area contributed by atoms with Gasteiger partial charge in [0.1, 0.15) is 0 Å². The van der Waals surface area contributed by atoms with Crippen LogP contribution in [0.5, 0.6) is 0 Å². The lowest BCUT2D eigenvalue weighted by Crippen LogP contribution is -2.17. The third kappa shape index (κ3) is 2.54. The van der Waals surface area contributed by atoms with Gasteiger partial charge < -0.3 is 5.32 Å². The summed E-state index contributed by atoms with van der Waals surface area (Å²) in [5, 5.41) is 6.30. The van der Waals surface area contributed by atoms with Crippen LogP contribution in [0.15, 0.2) is 29.6 Å². The third-order valence-electron chi connectivity index (χ3n) is 2.92. The average Bonchev–Trinajstić information content (AvgIpc) is 2.69. The first-order chi connectivity index (χ1) is 8.13. The second-order valence-electron chi connectivity index (χ2n) is 4.21. The van der Waals surface area contributed by atoms with E-state index in [-0.39, 0.29) is 6.04 Å². The van der Waals surface area contributed by atoms with Crippen LogP contribution in [0.4, 0.5) is 0 Å². The van der Waals surface area contributed by atoms with Gasteiger partial charge in [0.15, 0.2) is 0 Å². The van der Waals surface area contributed by atoms with Crippen molar-refractivity contribution in [2.24, 2.45) is 0 Å². The molecule has 3 heteroatoms. The minimum absolute atomic E-state index is 0.183. The summed E-state index contributed by atoms with van der Waals surface area (Å²) in [5.41, 5.74) is 3.65. The van der Waals surface area contributed by atoms with Crippen LogP contribution >= 0.6 is 22.9 Å². The summed E-state index contributed by atoms with van der Waals surface area (Å²) in [6.07, 6.45) is 0. The maximum absolute atomic E-state index is 6.34. The van der Waals surface area contributed by atoms with E-state index in [2.05, 4.69) is 42.7 Å². The molecule has 1 nitrogen and oxygen atoms in total. The van der Waals surface area contributed by atoms with Crippen molar-refractivity contribution in [3.63, 3.8) is 0 Å². The van der Waals surface area contributed by atoms with E-state index in [1.54, 1.807) is 11.3 Å². The van der Waals surface area contributed by atoms with Gasteiger partial charge in [0, 0.05) is 9.90 Å². The minimum Gasteiger partial charge on any atom is -0.309 e. The molecule has 0 fully saturated rings. The summed E-state index contributed by atoms with van der Waals surface area (Å²) >= 11 is 8.11. The van der Waals surface area contributed by atoms with Gasteiger partial charge in [-0.2, -0.15) is 0 Å². The summed E-state index contributed by atoms with van der Waals surface area (Å²) in [6.45, 7) is 4.19. The molecule has 0 bridgehead atoms. The van der Waals surface area contributed by atoms with Crippen LogP contribution in [-0.2, 0) is 0 Å². The van der Waals surface area contributed by atoms with E-state index in [0.29, 0.717) is 0 Å². The van der Waals surface area contributed by atoms with Gasteiger partial charge in [-0.15, -0.1) is 11.3 Å². The van der Waals surface area contributed by atoms with Crippen LogP contribution in [0.1, 0.15) is 27.6 Å². The SMILES string of the molecule is CNC(c1ccc(C)cc1Cl)c1sccc1C. The number of rotatable bonds is 3. The summed E-state index contributed by atoms with van der Waals surface area (Å²) < 4.78 is 0. The molecule has 1 N–H and O–H groups in total. The second kappa shape index (κ2) is 5.21. The van der Waals surface area contributed by atoms with E-state index in [4.69, 9.17) is 11.6 Å². The van der Waals surface area contributed by atoms with Crippen LogP contribution in [0.2, 0.25) is 5.02 Å². The van der Waals surface area contributed by atoms with E-state index < -0.39 is 0 Å². The van der Waals surface area contributed by atoms with Gasteiger partial charge >= 0.3 is 0 Å². The highest BCUT2D eigenvalue weighted by molar-refractivity contribution is 7.10. The van der Waals surface area contributed by atoms with Gasteiger partial charge in [-0.25, -0.2) is 0 Å². The van der Waals surface area contributed by atoms with E-state index in [9.17, 15) is 0 Å². The standard InChI is InChI=1S/C14H16ClNS/c1-9-4-5-11(12(15)8-9)13(16-3)14-10(2)6-7-17-14/h4-8,13,16H,1-3H3. The molecule has 0 saturated carbocycles. The molecule has 1 aromatic carbocycles. The van der Waals surface area contributed by atoms with Crippen LogP contribution in [0, 0.1) is 13.8 Å². The molecule has 0 aliphatic heterocycles. The largest absolute Gasteiger partial charge is 0.309 e. The first-order valence-electron chi connectivity index (χ1n) is 5.60. The van der Waals surface area contributed by atoms with Gasteiger partial charge in [0.25, 0.3) is 0 Å². The Hall–Kier alpha value is -0.830. The summed E-state index contributed by atoms with van der Waals surface area (Å²) in [7, 11) is 1.97. The molecule has 2 rings (SSSR count). The quantitative estimate of drug-likeness (QED) is 0.871. The van der Waals surface area contributed by atoms with Crippen LogP contribution in [-0.4, -0.2) is 7.05 Å². The van der Waals surface area contributed by atoms with Gasteiger partial charge in [0.2, 0.25) is 0 Å². The van der Waals surface area contributed by atoms with E-state index in [1.165, 1.54) is 16.0 Å². The lowest BCUT2D eigenvalue weighted by atomic mass is 10.0. The topological polar surface area (TPSA) is 12.0 Å². The number of benzene rings is 1. The van der Waals surface area contributed by atoms with Crippen molar-refractivity contribution >= 4 is 22.9 Å². The Morgan fingerprint density at radius 2 is 2.00 bits per heavy atom. The predicted molar refractivity (Wildman–Crippen MR) is 76.1 cm³/mol. The molecule has 0 aliphatic carbocycles. The number of thiophene rings is 1. The molecule has 1 aromatic heterocycles. The van der Waals surface area contributed by atoms with Gasteiger partial charge in [-0.3, -0.25) is 0 Å². The van der Waals surface area contributed by atoms with Crippen molar-refractivity contribution < 1.29 is 0 Å². The van der Waals surface area contributed by atoms with Crippen LogP contribution < -0.4 is 5.32 Å². The van der Waals surface area contributed by atoms with Crippen molar-refractivity contribution in [3.8, 4) is 0 Å². The Morgan fingerprint density at radius 3 is 2.53 bits per heavy atom. The maximum atomic E-state index is 6.34. The number of aryl methyl sites for hydroxylation is 2. The highest BCUT2D eigenvalue weighted by Crippen LogP contribution is 2.33. The normalized spacial score (nSPS) is 12.7. The number of hydrogen-bond donors (Lipinski definition) is 1. The monoisotopic (exact) mass is 265 g/mol. The number of nitrogens with one attached hydrogen (secondary N) is 1. The summed E-state index contributed by atoms with van der Waals surface area (Å²) in [5.74, 6) is 0. The fourth-order valence-corrected chi connectivity index (χ4v) is 3.37. The van der Waals surface area contributed by atoms with Crippen molar-refractivity contribution in [3.05, 3.63) is 56.2 Å². The van der Waals surface area contributed by atoms with Crippen molar-refractivity contribution in [2.75, 3.05) is 7.05 Å². The van der Waals surface area contributed by atoms with Gasteiger partial charge in [-0.05, 0) is 55.1 Å². The van der Waals surface area contributed by atoms with E-state index >= 15 is 0 Å². The molecule has 2 aromatic rings. The molecule has 17 heavy (non-hydrogen) atoms. The molecular formula is C14H16ClNS. The molecule has 0 spiro atoms. The summed E-state index contributed by atoms with van der Waals surface area (Å²) in [6, 6.07) is 8.56. The van der Waals surface area contributed by atoms with Crippen molar-refractivity contribution in [1.29, 1.82) is 0 Å². The lowest BCUT2D eigenvalue weighted by Gasteiger charge is -2.18. The molecule has 0 saturated heterocycles. The number of halogens is 1. The van der Waals surface area contributed by atoms with Gasteiger partial charge in [-0.1, -0.05) is 23.7 Å². The molecule has 0 radical (unpaired) electrons. The van der Waals surface area contributed by atoms with Crippen LogP contribution in [0.3, 0.4) is 0 Å². The van der Waals surface area contributed by atoms with Crippen molar-refractivity contribution in [2.45, 2.75) is 19.9 Å². The lowest BCUT2D eigenvalue weighted by molar-refractivity contribution is 0.700. The highest BCUT2D eigenvalue weighted by atomic mass is 35.5. The second-order valence-corrected chi connectivity index (χ2v) is 5.57. The summed E-state index contributed by atoms with van der Waals surface area (Å²) in [4.78, 5) is 1.33. The Kier molecular flexibility index (Phi) is 3.87. The average molecular weight is 266 g/mol. The fourth-order valence-electron chi connectivity index (χ4n) is 1.97. The molecule has 0 amide bonds. The fraction of sp³-hybridized carbons (Fsp3) is 0.286. The molecular weight excluding hydrogens is 250 g/mol. The Balaban J connectivity index is 2.46. The Bertz CT molecular complexity index is 519. The molecule has 1 atom stereocenters.